The Balaban J connectivity index is 3.10. The molecule has 14 heavy (non-hydrogen) atoms. The first-order chi connectivity index (χ1) is 6.66. The van der Waals surface area contributed by atoms with Crippen LogP contribution < -0.4 is 5.32 Å². The molecule has 0 aromatic heterocycles. The molecule has 1 N–H and O–H groups in total. The van der Waals surface area contributed by atoms with E-state index in [0.29, 0.717) is 24.1 Å². The van der Waals surface area contributed by atoms with Crippen molar-refractivity contribution in [2.24, 2.45) is 0 Å². The maximum atomic E-state index is 5.33. The normalized spacial score (nSPS) is 15.4. The highest BCUT2D eigenvalue weighted by Crippen LogP contribution is 2.05. The number of halogens is 1. The fourth-order valence-electron chi connectivity index (χ4n) is 1.19. The van der Waals surface area contributed by atoms with Crippen molar-refractivity contribution in [2.45, 2.75) is 31.1 Å². The molecule has 0 aliphatic heterocycles. The molecule has 0 amide bonds. The average Bonchev–Trinajstić information content (AvgIpc) is 2.10. The number of hydrogen-bond donors (Lipinski definition) is 1. The Morgan fingerprint density at radius 3 is 2.50 bits per heavy atom. The van der Waals surface area contributed by atoms with Gasteiger partial charge in [0, 0.05) is 24.5 Å². The molecule has 86 valence electrons. The van der Waals surface area contributed by atoms with Crippen molar-refractivity contribution < 1.29 is 9.47 Å². The summed E-state index contributed by atoms with van der Waals surface area (Å²) in [4.78, 5) is 0.569. The summed E-state index contributed by atoms with van der Waals surface area (Å²) in [7, 11) is 1.68. The molecule has 3 nitrogen and oxygen atoms in total. The molecular formula is C10H22BrNO2. The summed E-state index contributed by atoms with van der Waals surface area (Å²) in [5.41, 5.74) is 0. The third kappa shape index (κ3) is 10.4. The molecule has 0 radical (unpaired) electrons. The summed E-state index contributed by atoms with van der Waals surface area (Å²) in [6.07, 6.45) is 1.14. The van der Waals surface area contributed by atoms with Gasteiger partial charge < -0.3 is 14.8 Å². The van der Waals surface area contributed by atoms with Gasteiger partial charge in [-0.2, -0.15) is 0 Å². The van der Waals surface area contributed by atoms with Crippen molar-refractivity contribution >= 4 is 15.9 Å². The van der Waals surface area contributed by atoms with E-state index in [1.165, 1.54) is 0 Å². The summed E-state index contributed by atoms with van der Waals surface area (Å²) in [5, 5.41) is 3.40. The van der Waals surface area contributed by atoms with Gasteiger partial charge in [0.15, 0.2) is 0 Å². The minimum Gasteiger partial charge on any atom is -0.382 e. The van der Waals surface area contributed by atoms with Gasteiger partial charge >= 0.3 is 0 Å². The zero-order valence-electron chi connectivity index (χ0n) is 9.38. The second-order valence-electron chi connectivity index (χ2n) is 3.48. The number of nitrogens with one attached hydrogen (secondary N) is 1. The SMILES string of the molecule is COCCOCCNC(C)CC(C)Br. The summed E-state index contributed by atoms with van der Waals surface area (Å²) in [5.74, 6) is 0. The molecular weight excluding hydrogens is 246 g/mol. The van der Waals surface area contributed by atoms with Crippen molar-refractivity contribution in [3.63, 3.8) is 0 Å². The summed E-state index contributed by atoms with van der Waals surface area (Å²) < 4.78 is 10.2. The fraction of sp³-hybridized carbons (Fsp3) is 1.00. The number of hydrogen-bond acceptors (Lipinski definition) is 3. The second-order valence-corrected chi connectivity index (χ2v) is 5.04. The van der Waals surface area contributed by atoms with Crippen LogP contribution in [0.15, 0.2) is 0 Å². The van der Waals surface area contributed by atoms with Gasteiger partial charge in [-0.15, -0.1) is 0 Å². The Morgan fingerprint density at radius 2 is 1.93 bits per heavy atom. The van der Waals surface area contributed by atoms with E-state index in [1.807, 2.05) is 0 Å². The predicted molar refractivity (Wildman–Crippen MR) is 63.2 cm³/mol. The lowest BCUT2D eigenvalue weighted by Gasteiger charge is -2.14. The van der Waals surface area contributed by atoms with E-state index >= 15 is 0 Å². The standard InChI is InChI=1S/C10H22BrNO2/c1-9(11)8-10(2)12-4-5-14-7-6-13-3/h9-10,12H,4-8H2,1-3H3. The lowest BCUT2D eigenvalue weighted by molar-refractivity contribution is 0.0711. The van der Waals surface area contributed by atoms with Crippen LogP contribution in [-0.4, -0.2) is 44.3 Å². The zero-order chi connectivity index (χ0) is 10.8. The van der Waals surface area contributed by atoms with Crippen LogP contribution in [0.4, 0.5) is 0 Å². The average molecular weight is 268 g/mol. The molecule has 0 aliphatic rings. The molecule has 0 aromatic carbocycles. The van der Waals surface area contributed by atoms with E-state index in [9.17, 15) is 0 Å². The van der Waals surface area contributed by atoms with E-state index in [2.05, 4.69) is 35.1 Å². The lowest BCUT2D eigenvalue weighted by Crippen LogP contribution is -2.31. The molecule has 2 atom stereocenters. The maximum Gasteiger partial charge on any atom is 0.0700 e. The smallest absolute Gasteiger partial charge is 0.0700 e. The van der Waals surface area contributed by atoms with Crippen molar-refractivity contribution in [3.05, 3.63) is 0 Å². The highest BCUT2D eigenvalue weighted by molar-refractivity contribution is 9.09. The molecule has 2 unspecified atom stereocenters. The van der Waals surface area contributed by atoms with Crippen molar-refractivity contribution in [3.8, 4) is 0 Å². The van der Waals surface area contributed by atoms with Crippen LogP contribution in [-0.2, 0) is 9.47 Å². The molecule has 0 heterocycles. The molecule has 0 aromatic rings. The minimum absolute atomic E-state index is 0.537. The number of rotatable bonds is 9. The maximum absolute atomic E-state index is 5.33. The number of ether oxygens (including phenoxy) is 2. The lowest BCUT2D eigenvalue weighted by atomic mass is 10.2. The van der Waals surface area contributed by atoms with E-state index in [1.54, 1.807) is 7.11 Å². The van der Waals surface area contributed by atoms with Gasteiger partial charge in [0.1, 0.15) is 0 Å². The molecule has 0 spiro atoms. The molecule has 0 fully saturated rings. The zero-order valence-corrected chi connectivity index (χ0v) is 11.0. The predicted octanol–water partition coefficient (Wildman–Crippen LogP) is 1.80. The van der Waals surface area contributed by atoms with Crippen LogP contribution in [0.5, 0.6) is 0 Å². The third-order valence-electron chi connectivity index (χ3n) is 1.85. The van der Waals surface area contributed by atoms with Crippen LogP contribution in [0.2, 0.25) is 0 Å². The molecule has 0 rings (SSSR count). The molecule has 0 saturated heterocycles. The first-order valence-electron chi connectivity index (χ1n) is 5.11. The van der Waals surface area contributed by atoms with Gasteiger partial charge in [-0.1, -0.05) is 22.9 Å². The third-order valence-corrected chi connectivity index (χ3v) is 2.22. The number of methoxy groups -OCH3 is 1. The van der Waals surface area contributed by atoms with Gasteiger partial charge in [-0.25, -0.2) is 0 Å². The Hall–Kier alpha value is 0.360. The molecule has 0 aliphatic carbocycles. The van der Waals surface area contributed by atoms with Gasteiger partial charge in [0.2, 0.25) is 0 Å². The summed E-state index contributed by atoms with van der Waals surface area (Å²) >= 11 is 3.53. The molecule has 0 bridgehead atoms. The topological polar surface area (TPSA) is 30.5 Å². The second kappa shape index (κ2) is 9.90. The van der Waals surface area contributed by atoms with Gasteiger partial charge in [-0.3, -0.25) is 0 Å². The Labute approximate surface area is 95.7 Å². The van der Waals surface area contributed by atoms with Crippen LogP contribution in [0.1, 0.15) is 20.3 Å². The van der Waals surface area contributed by atoms with Crippen LogP contribution in [0.25, 0.3) is 0 Å². The number of alkyl halides is 1. The van der Waals surface area contributed by atoms with Crippen LogP contribution in [0, 0.1) is 0 Å². The highest BCUT2D eigenvalue weighted by Gasteiger charge is 2.04. The quantitative estimate of drug-likeness (QED) is 0.511. The Morgan fingerprint density at radius 1 is 1.21 bits per heavy atom. The Kier molecular flexibility index (Phi) is 10.2. The summed E-state index contributed by atoms with van der Waals surface area (Å²) in [6.45, 7) is 7.37. The van der Waals surface area contributed by atoms with E-state index in [4.69, 9.17) is 9.47 Å². The molecule has 0 saturated carbocycles. The van der Waals surface area contributed by atoms with Crippen molar-refractivity contribution in [1.82, 2.24) is 5.32 Å². The van der Waals surface area contributed by atoms with E-state index in [-0.39, 0.29) is 0 Å². The van der Waals surface area contributed by atoms with Crippen molar-refractivity contribution in [1.29, 1.82) is 0 Å². The first-order valence-corrected chi connectivity index (χ1v) is 6.02. The fourth-order valence-corrected chi connectivity index (χ4v) is 1.75. The van der Waals surface area contributed by atoms with Gasteiger partial charge in [0.05, 0.1) is 19.8 Å². The van der Waals surface area contributed by atoms with Gasteiger partial charge in [-0.05, 0) is 13.3 Å². The van der Waals surface area contributed by atoms with Gasteiger partial charge in [0.25, 0.3) is 0 Å². The van der Waals surface area contributed by atoms with Crippen LogP contribution >= 0.6 is 15.9 Å². The first kappa shape index (κ1) is 14.4. The van der Waals surface area contributed by atoms with Crippen LogP contribution in [0.3, 0.4) is 0 Å². The Bertz CT molecular complexity index is 123. The van der Waals surface area contributed by atoms with Crippen molar-refractivity contribution in [2.75, 3.05) is 33.5 Å². The summed E-state index contributed by atoms with van der Waals surface area (Å²) in [6, 6.07) is 0.537. The van der Waals surface area contributed by atoms with E-state index in [0.717, 1.165) is 19.6 Å². The minimum atomic E-state index is 0.537. The monoisotopic (exact) mass is 267 g/mol. The van der Waals surface area contributed by atoms with E-state index < -0.39 is 0 Å². The largest absolute Gasteiger partial charge is 0.382 e. The molecule has 4 heteroatoms. The highest BCUT2D eigenvalue weighted by atomic mass is 79.9.